The lowest BCUT2D eigenvalue weighted by atomic mass is 10.2. The number of nitrogens with two attached hydrogens (primary N) is 1. The molecule has 0 aliphatic heterocycles. The van der Waals surface area contributed by atoms with Gasteiger partial charge >= 0.3 is 6.18 Å². The molecule has 0 fully saturated rings. The lowest BCUT2D eigenvalue weighted by molar-refractivity contribution is -0.137. The molecule has 0 aliphatic rings. The molecule has 6 heteroatoms. The van der Waals surface area contributed by atoms with Crippen molar-refractivity contribution in [2.75, 3.05) is 5.73 Å². The zero-order valence-electron chi connectivity index (χ0n) is 7.95. The van der Waals surface area contributed by atoms with Gasteiger partial charge in [-0.2, -0.15) is 13.2 Å². The highest BCUT2D eigenvalue weighted by molar-refractivity contribution is 7.15. The summed E-state index contributed by atoms with van der Waals surface area (Å²) in [5.74, 6) is 0. The molecule has 0 saturated heterocycles. The summed E-state index contributed by atoms with van der Waals surface area (Å²) in [6.45, 7) is 0. The van der Waals surface area contributed by atoms with Crippen LogP contribution in [0.2, 0.25) is 0 Å². The Hall–Kier alpha value is -1.56. The minimum Gasteiger partial charge on any atom is -0.399 e. The van der Waals surface area contributed by atoms with Crippen molar-refractivity contribution in [1.82, 2.24) is 4.98 Å². The molecular formula is C10H7F3N2S. The van der Waals surface area contributed by atoms with Crippen LogP contribution in [-0.2, 0) is 6.18 Å². The van der Waals surface area contributed by atoms with E-state index in [1.165, 1.54) is 6.20 Å². The monoisotopic (exact) mass is 244 g/mol. The number of hydrogen-bond acceptors (Lipinski definition) is 3. The number of nitrogen functional groups attached to an aromatic ring is 1. The van der Waals surface area contributed by atoms with Crippen LogP contribution in [-0.4, -0.2) is 4.98 Å². The highest BCUT2D eigenvalue weighted by atomic mass is 32.1. The maximum atomic E-state index is 12.3. The van der Waals surface area contributed by atoms with Crippen LogP contribution < -0.4 is 5.73 Å². The molecule has 1 aromatic carbocycles. The molecular weight excluding hydrogens is 237 g/mol. The molecule has 2 rings (SSSR count). The fraction of sp³-hybridized carbons (Fsp3) is 0.100. The van der Waals surface area contributed by atoms with Gasteiger partial charge in [0.2, 0.25) is 0 Å². The van der Waals surface area contributed by atoms with Crippen molar-refractivity contribution < 1.29 is 13.2 Å². The van der Waals surface area contributed by atoms with Gasteiger partial charge in [0, 0.05) is 11.9 Å². The number of alkyl halides is 3. The number of thiazole rings is 1. The number of hydrogen-bond donors (Lipinski definition) is 1. The molecule has 0 atom stereocenters. The van der Waals surface area contributed by atoms with Crippen LogP contribution in [0.5, 0.6) is 0 Å². The lowest BCUT2D eigenvalue weighted by Gasteiger charge is -1.99. The molecule has 0 bridgehead atoms. The lowest BCUT2D eigenvalue weighted by Crippen LogP contribution is -2.02. The second-order valence-electron chi connectivity index (χ2n) is 3.15. The predicted molar refractivity (Wildman–Crippen MR) is 57.0 cm³/mol. The van der Waals surface area contributed by atoms with Crippen LogP contribution >= 0.6 is 11.3 Å². The summed E-state index contributed by atoms with van der Waals surface area (Å²) in [4.78, 5) is 3.83. The highest BCUT2D eigenvalue weighted by Crippen LogP contribution is 2.36. The number of aromatic nitrogens is 1. The number of rotatable bonds is 1. The minimum absolute atomic E-state index is 0.479. The quantitative estimate of drug-likeness (QED) is 0.781. The van der Waals surface area contributed by atoms with E-state index in [0.29, 0.717) is 27.5 Å². The second-order valence-corrected chi connectivity index (χ2v) is 4.18. The normalized spacial score (nSPS) is 11.7. The van der Waals surface area contributed by atoms with Gasteiger partial charge in [0.25, 0.3) is 0 Å². The van der Waals surface area contributed by atoms with E-state index in [-0.39, 0.29) is 0 Å². The molecule has 0 spiro atoms. The molecule has 1 heterocycles. The summed E-state index contributed by atoms with van der Waals surface area (Å²) >= 11 is 0.622. The van der Waals surface area contributed by atoms with Crippen LogP contribution in [0.4, 0.5) is 18.9 Å². The van der Waals surface area contributed by atoms with E-state index in [2.05, 4.69) is 4.98 Å². The average Bonchev–Trinajstić information content (AvgIpc) is 2.67. The van der Waals surface area contributed by atoms with Crippen LogP contribution in [0, 0.1) is 0 Å². The van der Waals surface area contributed by atoms with E-state index in [1.807, 2.05) is 0 Å². The van der Waals surface area contributed by atoms with Gasteiger partial charge in [-0.15, -0.1) is 11.3 Å². The van der Waals surface area contributed by atoms with Crippen molar-refractivity contribution in [2.24, 2.45) is 0 Å². The Kier molecular flexibility index (Phi) is 2.59. The molecule has 2 aromatic rings. The van der Waals surface area contributed by atoms with Gasteiger partial charge in [-0.05, 0) is 17.7 Å². The first-order chi connectivity index (χ1) is 7.47. The van der Waals surface area contributed by atoms with E-state index in [4.69, 9.17) is 5.73 Å². The molecule has 1 aromatic heterocycles. The van der Waals surface area contributed by atoms with E-state index >= 15 is 0 Å². The Labute approximate surface area is 93.5 Å². The summed E-state index contributed by atoms with van der Waals surface area (Å²) in [7, 11) is 0. The van der Waals surface area contributed by atoms with Gasteiger partial charge in [-0.3, -0.25) is 0 Å². The van der Waals surface area contributed by atoms with Crippen molar-refractivity contribution >= 4 is 17.0 Å². The third kappa shape index (κ3) is 2.16. The molecule has 16 heavy (non-hydrogen) atoms. The zero-order chi connectivity index (χ0) is 11.8. The SMILES string of the molecule is Nc1ccc(-c2cnc(C(F)(F)F)s2)cc1. The largest absolute Gasteiger partial charge is 0.443 e. The van der Waals surface area contributed by atoms with Crippen LogP contribution in [0.3, 0.4) is 0 Å². The molecule has 0 amide bonds. The van der Waals surface area contributed by atoms with Gasteiger partial charge in [-0.1, -0.05) is 12.1 Å². The van der Waals surface area contributed by atoms with Gasteiger partial charge < -0.3 is 5.73 Å². The van der Waals surface area contributed by atoms with Crippen molar-refractivity contribution in [2.45, 2.75) is 6.18 Å². The summed E-state index contributed by atoms with van der Waals surface area (Å²) < 4.78 is 36.9. The Balaban J connectivity index is 2.35. The van der Waals surface area contributed by atoms with Crippen molar-refractivity contribution in [1.29, 1.82) is 0 Å². The highest BCUT2D eigenvalue weighted by Gasteiger charge is 2.34. The van der Waals surface area contributed by atoms with Crippen molar-refractivity contribution in [3.8, 4) is 10.4 Å². The Morgan fingerprint density at radius 2 is 1.75 bits per heavy atom. The molecule has 0 aliphatic carbocycles. The van der Waals surface area contributed by atoms with E-state index in [1.54, 1.807) is 24.3 Å². The third-order valence-electron chi connectivity index (χ3n) is 1.94. The van der Waals surface area contributed by atoms with Crippen molar-refractivity contribution in [3.63, 3.8) is 0 Å². The fourth-order valence-corrected chi connectivity index (χ4v) is 1.97. The van der Waals surface area contributed by atoms with E-state index in [0.717, 1.165) is 0 Å². The van der Waals surface area contributed by atoms with Gasteiger partial charge in [0.1, 0.15) is 0 Å². The third-order valence-corrected chi connectivity index (χ3v) is 3.03. The summed E-state index contributed by atoms with van der Waals surface area (Å²) in [6.07, 6.45) is -3.16. The topological polar surface area (TPSA) is 38.9 Å². The van der Waals surface area contributed by atoms with E-state index in [9.17, 15) is 13.2 Å². The van der Waals surface area contributed by atoms with E-state index < -0.39 is 11.2 Å². The molecule has 2 N–H and O–H groups in total. The summed E-state index contributed by atoms with van der Waals surface area (Å²) in [5, 5.41) is -0.834. The zero-order valence-corrected chi connectivity index (χ0v) is 8.77. The first-order valence-electron chi connectivity index (χ1n) is 4.36. The minimum atomic E-state index is -4.38. The fourth-order valence-electron chi connectivity index (χ4n) is 1.19. The maximum absolute atomic E-state index is 12.3. The molecule has 0 saturated carbocycles. The number of anilines is 1. The van der Waals surface area contributed by atoms with Crippen molar-refractivity contribution in [3.05, 3.63) is 35.5 Å². The predicted octanol–water partition coefficient (Wildman–Crippen LogP) is 3.41. The number of halogens is 3. The summed E-state index contributed by atoms with van der Waals surface area (Å²) in [6, 6.07) is 6.62. The smallest absolute Gasteiger partial charge is 0.399 e. The molecule has 0 unspecified atom stereocenters. The first-order valence-corrected chi connectivity index (χ1v) is 5.17. The van der Waals surface area contributed by atoms with Crippen LogP contribution in [0.15, 0.2) is 30.5 Å². The van der Waals surface area contributed by atoms with Crippen LogP contribution in [0.1, 0.15) is 5.01 Å². The van der Waals surface area contributed by atoms with Gasteiger partial charge in [0.15, 0.2) is 5.01 Å². The Morgan fingerprint density at radius 1 is 1.12 bits per heavy atom. The standard InChI is InChI=1S/C10H7F3N2S/c11-10(12,13)9-15-5-8(16-9)6-1-3-7(14)4-2-6/h1-5H,14H2. The van der Waals surface area contributed by atoms with Gasteiger partial charge in [-0.25, -0.2) is 4.98 Å². The number of nitrogens with zero attached hydrogens (tertiary/aromatic N) is 1. The molecule has 2 nitrogen and oxygen atoms in total. The van der Waals surface area contributed by atoms with Crippen LogP contribution in [0.25, 0.3) is 10.4 Å². The maximum Gasteiger partial charge on any atom is 0.443 e. The number of benzene rings is 1. The Morgan fingerprint density at radius 3 is 2.25 bits per heavy atom. The summed E-state index contributed by atoms with van der Waals surface area (Å²) in [5.41, 5.74) is 6.74. The van der Waals surface area contributed by atoms with Gasteiger partial charge in [0.05, 0.1) is 4.88 Å². The average molecular weight is 244 g/mol. The molecule has 0 radical (unpaired) electrons. The molecule has 84 valence electrons. The first kappa shape index (κ1) is 10.9. The second kappa shape index (κ2) is 3.79. The Bertz CT molecular complexity index is 488.